The number of alkyl halides is 3. The second kappa shape index (κ2) is 7.06. The Morgan fingerprint density at radius 3 is 2.33 bits per heavy atom. The van der Waals surface area contributed by atoms with Crippen LogP contribution >= 0.6 is 0 Å². The highest BCUT2D eigenvalue weighted by Crippen LogP contribution is 2.23. The average Bonchev–Trinajstić information content (AvgIpc) is 2.14. The first-order valence-corrected chi connectivity index (χ1v) is 5.42. The molecule has 0 aliphatic heterocycles. The molecule has 0 aromatic heterocycles. The smallest absolute Gasteiger partial charge is 0.271 e. The van der Waals surface area contributed by atoms with Crippen molar-refractivity contribution in [1.82, 2.24) is 5.43 Å². The van der Waals surface area contributed by atoms with Crippen LogP contribution < -0.4 is 11.3 Å². The number of nitrogens with two attached hydrogens (primary N) is 1. The van der Waals surface area contributed by atoms with Crippen LogP contribution in [0.3, 0.4) is 0 Å². The van der Waals surface area contributed by atoms with Gasteiger partial charge in [-0.3, -0.25) is 11.3 Å². The molecule has 92 valence electrons. The van der Waals surface area contributed by atoms with Gasteiger partial charge in [-0.25, -0.2) is 0 Å². The van der Waals surface area contributed by atoms with E-state index in [2.05, 4.69) is 19.3 Å². The minimum atomic E-state index is -4.05. The molecule has 0 radical (unpaired) electrons. The molecule has 2 unspecified atom stereocenters. The second-order valence-corrected chi connectivity index (χ2v) is 4.12. The fourth-order valence-electron chi connectivity index (χ4n) is 1.47. The van der Waals surface area contributed by atoms with Crippen LogP contribution in [0.15, 0.2) is 0 Å². The Balaban J connectivity index is 3.71. The van der Waals surface area contributed by atoms with Gasteiger partial charge in [0.05, 0.1) is 0 Å². The number of nitrogens with one attached hydrogen (secondary N) is 1. The number of hydrogen-bond acceptors (Lipinski definition) is 2. The van der Waals surface area contributed by atoms with Crippen molar-refractivity contribution in [2.75, 3.05) is 0 Å². The summed E-state index contributed by atoms with van der Waals surface area (Å²) in [5.41, 5.74) is 2.59. The minimum absolute atomic E-state index is 0.00213. The fourth-order valence-corrected chi connectivity index (χ4v) is 1.47. The predicted octanol–water partition coefficient (Wildman–Crippen LogP) is 2.99. The van der Waals surface area contributed by atoms with Gasteiger partial charge in [-0.1, -0.05) is 20.3 Å². The maximum Gasteiger partial charge on any atom is 0.389 e. The van der Waals surface area contributed by atoms with Crippen LogP contribution in [0.2, 0.25) is 0 Å². The van der Waals surface area contributed by atoms with Gasteiger partial charge in [-0.05, 0) is 25.2 Å². The van der Waals surface area contributed by atoms with E-state index in [-0.39, 0.29) is 12.5 Å². The summed E-state index contributed by atoms with van der Waals surface area (Å²) in [5, 5.41) is 0. The van der Waals surface area contributed by atoms with Crippen molar-refractivity contribution in [3.63, 3.8) is 0 Å². The third-order valence-corrected chi connectivity index (χ3v) is 2.63. The third-order valence-electron chi connectivity index (χ3n) is 2.63. The zero-order chi connectivity index (χ0) is 11.9. The summed E-state index contributed by atoms with van der Waals surface area (Å²) in [4.78, 5) is 0. The Labute approximate surface area is 89.4 Å². The summed E-state index contributed by atoms with van der Waals surface area (Å²) in [6, 6.07) is 0.00213. The molecule has 0 heterocycles. The summed E-state index contributed by atoms with van der Waals surface area (Å²) in [6.45, 7) is 4.14. The highest BCUT2D eigenvalue weighted by Gasteiger charge is 2.26. The predicted molar refractivity (Wildman–Crippen MR) is 55.1 cm³/mol. The molecule has 2 nitrogen and oxygen atoms in total. The fraction of sp³-hybridized carbons (Fsp3) is 1.00. The lowest BCUT2D eigenvalue weighted by atomic mass is 9.96. The van der Waals surface area contributed by atoms with E-state index >= 15 is 0 Å². The molecule has 0 aliphatic carbocycles. The Hall–Kier alpha value is -0.290. The average molecular weight is 226 g/mol. The zero-order valence-electron chi connectivity index (χ0n) is 9.40. The minimum Gasteiger partial charge on any atom is -0.271 e. The quantitative estimate of drug-likeness (QED) is 0.517. The monoisotopic (exact) mass is 226 g/mol. The van der Waals surface area contributed by atoms with Crippen LogP contribution in [-0.4, -0.2) is 12.2 Å². The molecular weight excluding hydrogens is 205 g/mol. The van der Waals surface area contributed by atoms with Crippen LogP contribution in [-0.2, 0) is 0 Å². The summed E-state index contributed by atoms with van der Waals surface area (Å²) in [5.74, 6) is 5.79. The van der Waals surface area contributed by atoms with E-state index in [1.165, 1.54) is 0 Å². The Kier molecular flexibility index (Phi) is 6.92. The first-order valence-electron chi connectivity index (χ1n) is 5.42. The lowest BCUT2D eigenvalue weighted by Crippen LogP contribution is -2.36. The maximum absolute atomic E-state index is 11.9. The first-order chi connectivity index (χ1) is 6.89. The van der Waals surface area contributed by atoms with Crippen molar-refractivity contribution in [2.45, 2.75) is 58.2 Å². The van der Waals surface area contributed by atoms with Gasteiger partial charge in [0.1, 0.15) is 0 Å². The molecule has 0 fully saturated rings. The van der Waals surface area contributed by atoms with Gasteiger partial charge < -0.3 is 0 Å². The van der Waals surface area contributed by atoms with Crippen LogP contribution in [0.1, 0.15) is 46.0 Å². The van der Waals surface area contributed by atoms with Crippen LogP contribution in [0.5, 0.6) is 0 Å². The van der Waals surface area contributed by atoms with Crippen LogP contribution in [0.25, 0.3) is 0 Å². The van der Waals surface area contributed by atoms with Crippen LogP contribution in [0.4, 0.5) is 13.2 Å². The molecule has 0 aliphatic rings. The van der Waals surface area contributed by atoms with Gasteiger partial charge in [-0.15, -0.1) is 0 Å². The van der Waals surface area contributed by atoms with Gasteiger partial charge in [-0.2, -0.15) is 13.2 Å². The van der Waals surface area contributed by atoms with E-state index < -0.39 is 12.6 Å². The van der Waals surface area contributed by atoms with Crippen molar-refractivity contribution in [3.05, 3.63) is 0 Å². The van der Waals surface area contributed by atoms with E-state index in [0.29, 0.717) is 12.3 Å². The van der Waals surface area contributed by atoms with Crippen molar-refractivity contribution >= 4 is 0 Å². The van der Waals surface area contributed by atoms with Crippen molar-refractivity contribution in [3.8, 4) is 0 Å². The molecule has 0 aromatic carbocycles. The van der Waals surface area contributed by atoms with Gasteiger partial charge in [0.25, 0.3) is 0 Å². The number of hydrazine groups is 1. The number of halogens is 3. The Bertz CT molecular complexity index is 159. The third kappa shape index (κ3) is 8.69. The zero-order valence-corrected chi connectivity index (χ0v) is 9.40. The SMILES string of the molecule is CCC(C)CC(CCCC(F)(F)F)NN. The van der Waals surface area contributed by atoms with E-state index in [9.17, 15) is 13.2 Å². The molecular formula is C10H21F3N2. The Morgan fingerprint density at radius 1 is 1.33 bits per heavy atom. The molecule has 0 saturated heterocycles. The summed E-state index contributed by atoms with van der Waals surface area (Å²) >= 11 is 0. The highest BCUT2D eigenvalue weighted by atomic mass is 19.4. The molecule has 15 heavy (non-hydrogen) atoms. The molecule has 0 aromatic rings. The molecule has 0 spiro atoms. The van der Waals surface area contributed by atoms with Crippen molar-refractivity contribution < 1.29 is 13.2 Å². The number of hydrogen-bond donors (Lipinski definition) is 2. The summed E-state index contributed by atoms with van der Waals surface area (Å²) in [7, 11) is 0. The summed E-state index contributed by atoms with van der Waals surface area (Å²) in [6.07, 6.45) is -2.27. The van der Waals surface area contributed by atoms with Gasteiger partial charge in [0.15, 0.2) is 0 Å². The lowest BCUT2D eigenvalue weighted by molar-refractivity contribution is -0.135. The second-order valence-electron chi connectivity index (χ2n) is 4.12. The molecule has 0 rings (SSSR count). The van der Waals surface area contributed by atoms with Crippen LogP contribution in [0, 0.1) is 5.92 Å². The molecule has 3 N–H and O–H groups in total. The molecule has 0 amide bonds. The van der Waals surface area contributed by atoms with E-state index in [0.717, 1.165) is 12.8 Å². The topological polar surface area (TPSA) is 38.0 Å². The van der Waals surface area contributed by atoms with Gasteiger partial charge in [0, 0.05) is 12.5 Å². The first kappa shape index (κ1) is 14.7. The maximum atomic E-state index is 11.9. The molecule has 2 atom stereocenters. The Morgan fingerprint density at radius 2 is 1.93 bits per heavy atom. The van der Waals surface area contributed by atoms with E-state index in [1.807, 2.05) is 0 Å². The van der Waals surface area contributed by atoms with Gasteiger partial charge in [0.2, 0.25) is 0 Å². The normalized spacial score (nSPS) is 16.4. The summed E-state index contributed by atoms with van der Waals surface area (Å²) < 4.78 is 35.7. The van der Waals surface area contributed by atoms with Gasteiger partial charge >= 0.3 is 6.18 Å². The lowest BCUT2D eigenvalue weighted by Gasteiger charge is -2.19. The molecule has 0 saturated carbocycles. The number of rotatable bonds is 7. The standard InChI is InChI=1S/C10H21F3N2/c1-3-8(2)7-9(15-14)5-4-6-10(11,12)13/h8-9,15H,3-7,14H2,1-2H3. The van der Waals surface area contributed by atoms with E-state index in [1.54, 1.807) is 0 Å². The van der Waals surface area contributed by atoms with Crippen molar-refractivity contribution in [2.24, 2.45) is 11.8 Å². The largest absolute Gasteiger partial charge is 0.389 e. The molecule has 0 bridgehead atoms. The highest BCUT2D eigenvalue weighted by molar-refractivity contribution is 4.68. The molecule has 5 heteroatoms. The van der Waals surface area contributed by atoms with Crippen molar-refractivity contribution in [1.29, 1.82) is 0 Å². The van der Waals surface area contributed by atoms with E-state index in [4.69, 9.17) is 5.84 Å².